The van der Waals surface area contributed by atoms with Crippen molar-refractivity contribution in [1.82, 2.24) is 0 Å². The van der Waals surface area contributed by atoms with Crippen LogP contribution in [-0.2, 0) is 0 Å². The number of benzene rings is 2. The monoisotopic (exact) mass is 303 g/mol. The number of hydrogen-bond donors (Lipinski definition) is 2. The number of nitrogen functional groups attached to an aromatic ring is 1. The zero-order valence-electron chi connectivity index (χ0n) is 12.0. The molecular formula is C16H18ClN3O. The maximum atomic E-state index is 11.6. The van der Waals surface area contributed by atoms with Crippen molar-refractivity contribution in [3.8, 4) is 0 Å². The highest BCUT2D eigenvalue weighted by Crippen LogP contribution is 2.33. The van der Waals surface area contributed by atoms with Crippen molar-refractivity contribution < 1.29 is 4.79 Å². The predicted octanol–water partition coefficient (Wildman–Crippen LogP) is 3.22. The van der Waals surface area contributed by atoms with Crippen LogP contribution in [-0.4, -0.2) is 13.0 Å². The zero-order chi connectivity index (χ0) is 15.6. The molecule has 0 saturated heterocycles. The Balaban J connectivity index is 2.42. The van der Waals surface area contributed by atoms with E-state index in [1.807, 2.05) is 43.1 Å². The summed E-state index contributed by atoms with van der Waals surface area (Å²) < 4.78 is 0. The normalized spacial score (nSPS) is 12.0. The molecule has 0 fully saturated rings. The van der Waals surface area contributed by atoms with E-state index in [1.165, 1.54) is 0 Å². The van der Waals surface area contributed by atoms with Crippen LogP contribution in [0, 0.1) is 0 Å². The van der Waals surface area contributed by atoms with Crippen LogP contribution < -0.4 is 16.4 Å². The minimum Gasteiger partial charge on any atom is -0.397 e. The first kappa shape index (κ1) is 15.2. The van der Waals surface area contributed by atoms with Gasteiger partial charge in [0.2, 0.25) is 0 Å². The third kappa shape index (κ3) is 3.11. The van der Waals surface area contributed by atoms with E-state index in [2.05, 4.69) is 0 Å². The highest BCUT2D eigenvalue weighted by atomic mass is 35.5. The second-order valence-corrected chi connectivity index (χ2v) is 5.38. The summed E-state index contributed by atoms with van der Waals surface area (Å²) in [7, 11) is 1.89. The maximum Gasteiger partial charge on any atom is 0.250 e. The zero-order valence-corrected chi connectivity index (χ0v) is 12.8. The summed E-state index contributed by atoms with van der Waals surface area (Å²) >= 11 is 5.91. The van der Waals surface area contributed by atoms with Gasteiger partial charge in [0.15, 0.2) is 0 Å². The van der Waals surface area contributed by atoms with E-state index in [0.29, 0.717) is 22.0 Å². The lowest BCUT2D eigenvalue weighted by Gasteiger charge is -2.30. The van der Waals surface area contributed by atoms with Crippen molar-refractivity contribution >= 4 is 28.9 Å². The van der Waals surface area contributed by atoms with Crippen molar-refractivity contribution in [3.63, 3.8) is 0 Å². The molecule has 1 unspecified atom stereocenters. The summed E-state index contributed by atoms with van der Waals surface area (Å²) in [4.78, 5) is 13.5. The number of carbonyl (C=O) groups excluding carboxylic acids is 1. The van der Waals surface area contributed by atoms with Gasteiger partial charge in [0.25, 0.3) is 5.91 Å². The summed E-state index contributed by atoms with van der Waals surface area (Å²) in [6.45, 7) is 2.03. The van der Waals surface area contributed by atoms with Crippen LogP contribution in [0.15, 0.2) is 42.5 Å². The van der Waals surface area contributed by atoms with Gasteiger partial charge < -0.3 is 16.4 Å². The lowest BCUT2D eigenvalue weighted by molar-refractivity contribution is 0.100. The Labute approximate surface area is 129 Å². The SMILES string of the molecule is CC(c1ccc(Cl)cc1)N(C)c1c(N)cccc1C(N)=O. The number of para-hydroxylation sites is 1. The first-order chi connectivity index (χ1) is 9.91. The third-order valence-electron chi connectivity index (χ3n) is 3.62. The molecule has 0 aliphatic rings. The van der Waals surface area contributed by atoms with Crippen molar-refractivity contribution in [2.75, 3.05) is 17.7 Å². The van der Waals surface area contributed by atoms with Crippen molar-refractivity contribution in [3.05, 3.63) is 58.6 Å². The van der Waals surface area contributed by atoms with Crippen LogP contribution in [0.5, 0.6) is 0 Å². The molecular weight excluding hydrogens is 286 g/mol. The molecule has 0 aliphatic carbocycles. The smallest absolute Gasteiger partial charge is 0.250 e. The van der Waals surface area contributed by atoms with E-state index < -0.39 is 5.91 Å². The summed E-state index contributed by atoms with van der Waals surface area (Å²) in [6.07, 6.45) is 0. The van der Waals surface area contributed by atoms with Gasteiger partial charge in [0, 0.05) is 12.1 Å². The molecule has 4 N–H and O–H groups in total. The molecule has 4 nitrogen and oxygen atoms in total. The fourth-order valence-electron chi connectivity index (χ4n) is 2.31. The average Bonchev–Trinajstić information content (AvgIpc) is 2.46. The number of nitrogens with zero attached hydrogens (tertiary/aromatic N) is 1. The number of carbonyl (C=O) groups is 1. The van der Waals surface area contributed by atoms with E-state index in [1.54, 1.807) is 18.2 Å². The van der Waals surface area contributed by atoms with Crippen LogP contribution in [0.25, 0.3) is 0 Å². The molecule has 0 radical (unpaired) electrons. The second kappa shape index (κ2) is 6.06. The summed E-state index contributed by atoms with van der Waals surface area (Å²) in [6, 6.07) is 12.8. The Morgan fingerprint density at radius 3 is 2.38 bits per heavy atom. The molecule has 2 rings (SSSR count). The number of nitrogens with two attached hydrogens (primary N) is 2. The molecule has 110 valence electrons. The van der Waals surface area contributed by atoms with Crippen molar-refractivity contribution in [2.24, 2.45) is 5.73 Å². The largest absolute Gasteiger partial charge is 0.397 e. The van der Waals surface area contributed by atoms with Crippen molar-refractivity contribution in [2.45, 2.75) is 13.0 Å². The molecule has 0 heterocycles. The minimum absolute atomic E-state index is 0.0186. The van der Waals surface area contributed by atoms with E-state index in [9.17, 15) is 4.79 Å². The molecule has 21 heavy (non-hydrogen) atoms. The van der Waals surface area contributed by atoms with E-state index >= 15 is 0 Å². The Hall–Kier alpha value is -2.20. The van der Waals surface area contributed by atoms with Gasteiger partial charge in [-0.05, 0) is 36.8 Å². The molecule has 2 aromatic rings. The van der Waals surface area contributed by atoms with Crippen molar-refractivity contribution in [1.29, 1.82) is 0 Å². The molecule has 1 atom stereocenters. The minimum atomic E-state index is -0.493. The lowest BCUT2D eigenvalue weighted by atomic mass is 10.0. The van der Waals surface area contributed by atoms with Crippen LogP contribution in [0.1, 0.15) is 28.9 Å². The fraction of sp³-hybridized carbons (Fsp3) is 0.188. The van der Waals surface area contributed by atoms with E-state index in [0.717, 1.165) is 5.56 Å². The quantitative estimate of drug-likeness (QED) is 0.852. The Morgan fingerprint density at radius 1 is 1.19 bits per heavy atom. The maximum absolute atomic E-state index is 11.6. The molecule has 0 spiro atoms. The lowest BCUT2D eigenvalue weighted by Crippen LogP contribution is -2.26. The van der Waals surface area contributed by atoms with Crippen LogP contribution in [0.2, 0.25) is 5.02 Å². The van der Waals surface area contributed by atoms with Gasteiger partial charge in [-0.25, -0.2) is 0 Å². The number of halogens is 1. The summed E-state index contributed by atoms with van der Waals surface area (Å²) in [5.74, 6) is -0.493. The summed E-state index contributed by atoms with van der Waals surface area (Å²) in [5, 5.41) is 0.686. The standard InChI is InChI=1S/C16H18ClN3O/c1-10(11-6-8-12(17)9-7-11)20(2)15-13(16(19)21)4-3-5-14(15)18/h3-10H,18H2,1-2H3,(H2,19,21). The first-order valence-electron chi connectivity index (χ1n) is 6.58. The highest BCUT2D eigenvalue weighted by Gasteiger charge is 2.20. The van der Waals surface area contributed by atoms with Crippen LogP contribution >= 0.6 is 11.6 Å². The third-order valence-corrected chi connectivity index (χ3v) is 3.87. The van der Waals surface area contributed by atoms with Gasteiger partial charge >= 0.3 is 0 Å². The topological polar surface area (TPSA) is 72.3 Å². The van der Waals surface area contributed by atoms with Gasteiger partial charge in [-0.2, -0.15) is 0 Å². The number of primary amides is 1. The van der Waals surface area contributed by atoms with Crippen LogP contribution in [0.4, 0.5) is 11.4 Å². The Morgan fingerprint density at radius 2 is 1.81 bits per heavy atom. The van der Waals surface area contributed by atoms with E-state index in [-0.39, 0.29) is 6.04 Å². The molecule has 0 aliphatic heterocycles. The molecule has 1 amide bonds. The van der Waals surface area contributed by atoms with Gasteiger partial charge in [-0.3, -0.25) is 4.79 Å². The molecule has 0 saturated carbocycles. The van der Waals surface area contributed by atoms with Gasteiger partial charge in [-0.1, -0.05) is 29.8 Å². The van der Waals surface area contributed by atoms with Gasteiger partial charge in [0.05, 0.1) is 23.0 Å². The number of anilines is 2. The number of amides is 1. The average molecular weight is 304 g/mol. The molecule has 0 bridgehead atoms. The molecule has 5 heteroatoms. The van der Waals surface area contributed by atoms with Gasteiger partial charge in [-0.15, -0.1) is 0 Å². The Kier molecular flexibility index (Phi) is 4.38. The van der Waals surface area contributed by atoms with Gasteiger partial charge in [0.1, 0.15) is 0 Å². The van der Waals surface area contributed by atoms with Crippen LogP contribution in [0.3, 0.4) is 0 Å². The predicted molar refractivity (Wildman–Crippen MR) is 87.6 cm³/mol. The Bertz CT molecular complexity index is 655. The number of hydrogen-bond acceptors (Lipinski definition) is 3. The summed E-state index contributed by atoms with van der Waals surface area (Å²) in [5.41, 5.74) is 14.1. The molecule has 0 aromatic heterocycles. The highest BCUT2D eigenvalue weighted by molar-refractivity contribution is 6.30. The number of rotatable bonds is 4. The van der Waals surface area contributed by atoms with E-state index in [4.69, 9.17) is 23.1 Å². The first-order valence-corrected chi connectivity index (χ1v) is 6.96. The fourth-order valence-corrected chi connectivity index (χ4v) is 2.44. The molecule has 2 aromatic carbocycles. The second-order valence-electron chi connectivity index (χ2n) is 4.95.